The van der Waals surface area contributed by atoms with Crippen molar-refractivity contribution in [1.29, 1.82) is 0 Å². The van der Waals surface area contributed by atoms with Gasteiger partial charge in [-0.3, -0.25) is 0 Å². The number of nitrogens with one attached hydrogen (secondary N) is 1. The van der Waals surface area contributed by atoms with Gasteiger partial charge in [-0.1, -0.05) is 51.0 Å². The van der Waals surface area contributed by atoms with E-state index in [1.54, 1.807) is 0 Å². The van der Waals surface area contributed by atoms with Crippen LogP contribution in [0, 0.1) is 0 Å². The first-order chi connectivity index (χ1) is 10.3. The van der Waals surface area contributed by atoms with Crippen LogP contribution in [0.3, 0.4) is 0 Å². The summed E-state index contributed by atoms with van der Waals surface area (Å²) >= 11 is 0. The van der Waals surface area contributed by atoms with E-state index in [2.05, 4.69) is 43.4 Å². The third-order valence-corrected chi connectivity index (χ3v) is 4.71. The van der Waals surface area contributed by atoms with Crippen molar-refractivity contribution in [3.8, 4) is 0 Å². The molecule has 0 aromatic heterocycles. The van der Waals surface area contributed by atoms with Gasteiger partial charge in [0, 0.05) is 7.11 Å². The van der Waals surface area contributed by atoms with Crippen molar-refractivity contribution in [2.24, 2.45) is 0 Å². The summed E-state index contributed by atoms with van der Waals surface area (Å²) in [4.78, 5) is 0. The van der Waals surface area contributed by atoms with E-state index in [1.165, 1.54) is 30.4 Å². The zero-order chi connectivity index (χ0) is 15.1. The summed E-state index contributed by atoms with van der Waals surface area (Å²) < 4.78 is 5.78. The average Bonchev–Trinajstić information content (AvgIpc) is 2.45. The minimum atomic E-state index is 0.262. The Balaban J connectivity index is 2.17. The van der Waals surface area contributed by atoms with E-state index in [1.807, 2.05) is 7.11 Å². The van der Waals surface area contributed by atoms with Crippen LogP contribution in [0.5, 0.6) is 0 Å². The lowest BCUT2D eigenvalue weighted by atomic mass is 9.79. The highest BCUT2D eigenvalue weighted by Crippen LogP contribution is 2.37. The van der Waals surface area contributed by atoms with Crippen molar-refractivity contribution < 1.29 is 4.74 Å². The summed E-state index contributed by atoms with van der Waals surface area (Å²) in [5, 5.41) is 3.70. The fourth-order valence-electron chi connectivity index (χ4n) is 3.22. The third kappa shape index (κ3) is 4.31. The molecule has 2 atom stereocenters. The molecule has 1 aliphatic carbocycles. The summed E-state index contributed by atoms with van der Waals surface area (Å²) in [6.07, 6.45) is 7.79. The number of hydrogen-bond donors (Lipinski definition) is 1. The maximum Gasteiger partial charge on any atom is 0.0765 e. The molecular weight excluding hydrogens is 258 g/mol. The minimum Gasteiger partial charge on any atom is -0.379 e. The van der Waals surface area contributed by atoms with Crippen LogP contribution < -0.4 is 5.32 Å². The van der Waals surface area contributed by atoms with Gasteiger partial charge in [0.2, 0.25) is 0 Å². The second-order valence-corrected chi connectivity index (χ2v) is 6.29. The van der Waals surface area contributed by atoms with Gasteiger partial charge in [0.05, 0.1) is 12.1 Å². The smallest absolute Gasteiger partial charge is 0.0765 e. The molecule has 1 aromatic carbocycles. The minimum absolute atomic E-state index is 0.262. The van der Waals surface area contributed by atoms with Crippen molar-refractivity contribution in [3.63, 3.8) is 0 Å². The van der Waals surface area contributed by atoms with Gasteiger partial charge in [0.15, 0.2) is 0 Å². The van der Waals surface area contributed by atoms with Crippen LogP contribution >= 0.6 is 0 Å². The van der Waals surface area contributed by atoms with E-state index >= 15 is 0 Å². The molecule has 21 heavy (non-hydrogen) atoms. The van der Waals surface area contributed by atoms with E-state index in [9.17, 15) is 0 Å². The first kappa shape index (κ1) is 16.5. The predicted octanol–water partition coefficient (Wildman–Crippen LogP) is 4.81. The number of rotatable bonds is 9. The number of methoxy groups -OCH3 is 1. The van der Waals surface area contributed by atoms with E-state index < -0.39 is 0 Å². The van der Waals surface area contributed by atoms with Crippen LogP contribution in [0.4, 0.5) is 0 Å². The van der Waals surface area contributed by atoms with Gasteiger partial charge >= 0.3 is 0 Å². The Morgan fingerprint density at radius 1 is 1.24 bits per heavy atom. The molecule has 1 N–H and O–H groups in total. The molecule has 0 amide bonds. The summed E-state index contributed by atoms with van der Waals surface area (Å²) in [5.74, 6) is 0.795. The standard InChI is InChI=1S/C19H31NO/c1-4-8-18(21-3)19(20-13-5-2)17-12-7-11-16(14-17)15-9-6-10-15/h7,11-12,14-15,18-20H,4-6,8-10,13H2,1-3H3. The third-order valence-electron chi connectivity index (χ3n) is 4.71. The number of benzene rings is 1. The maximum absolute atomic E-state index is 5.78. The molecule has 0 heterocycles. The molecule has 2 nitrogen and oxygen atoms in total. The monoisotopic (exact) mass is 289 g/mol. The van der Waals surface area contributed by atoms with Crippen LogP contribution in [-0.2, 0) is 4.74 Å². The molecule has 118 valence electrons. The van der Waals surface area contributed by atoms with Gasteiger partial charge in [-0.05, 0) is 49.3 Å². The zero-order valence-corrected chi connectivity index (χ0v) is 13.9. The van der Waals surface area contributed by atoms with Gasteiger partial charge in [-0.25, -0.2) is 0 Å². The van der Waals surface area contributed by atoms with Crippen LogP contribution in [0.25, 0.3) is 0 Å². The molecule has 0 bridgehead atoms. The molecule has 2 heteroatoms. The van der Waals surface area contributed by atoms with Crippen molar-refractivity contribution in [3.05, 3.63) is 35.4 Å². The lowest BCUT2D eigenvalue weighted by Gasteiger charge is -2.30. The van der Waals surface area contributed by atoms with Crippen LogP contribution in [-0.4, -0.2) is 19.8 Å². The second-order valence-electron chi connectivity index (χ2n) is 6.29. The molecule has 0 radical (unpaired) electrons. The molecule has 1 fully saturated rings. The van der Waals surface area contributed by atoms with E-state index in [-0.39, 0.29) is 6.10 Å². The topological polar surface area (TPSA) is 21.3 Å². The maximum atomic E-state index is 5.78. The fraction of sp³-hybridized carbons (Fsp3) is 0.684. The van der Waals surface area contributed by atoms with Gasteiger partial charge in [0.25, 0.3) is 0 Å². The Morgan fingerprint density at radius 3 is 2.62 bits per heavy atom. The Labute approximate surface area is 130 Å². The average molecular weight is 289 g/mol. The lowest BCUT2D eigenvalue weighted by molar-refractivity contribution is 0.0605. The van der Waals surface area contributed by atoms with Crippen molar-refractivity contribution >= 4 is 0 Å². The molecule has 2 unspecified atom stereocenters. The second kappa shape index (κ2) is 8.55. The predicted molar refractivity (Wildman–Crippen MR) is 89.8 cm³/mol. The lowest BCUT2D eigenvalue weighted by Crippen LogP contribution is -2.34. The van der Waals surface area contributed by atoms with Crippen molar-refractivity contribution in [2.45, 2.75) is 70.4 Å². The Bertz CT molecular complexity index is 414. The highest BCUT2D eigenvalue weighted by atomic mass is 16.5. The summed E-state index contributed by atoms with van der Waals surface area (Å²) in [6.45, 7) is 5.49. The Kier molecular flexibility index (Phi) is 6.72. The summed E-state index contributed by atoms with van der Waals surface area (Å²) in [7, 11) is 1.84. The molecule has 2 rings (SSSR count). The summed E-state index contributed by atoms with van der Waals surface area (Å²) in [6, 6.07) is 9.51. The largest absolute Gasteiger partial charge is 0.379 e. The van der Waals surface area contributed by atoms with Crippen LogP contribution in [0.1, 0.15) is 75.5 Å². The highest BCUT2D eigenvalue weighted by Gasteiger charge is 2.24. The van der Waals surface area contributed by atoms with Crippen molar-refractivity contribution in [2.75, 3.05) is 13.7 Å². The molecule has 0 spiro atoms. The molecule has 1 saturated carbocycles. The molecular formula is C19H31NO. The summed E-state index contributed by atoms with van der Waals surface area (Å²) in [5.41, 5.74) is 2.92. The van der Waals surface area contributed by atoms with Crippen LogP contribution in [0.2, 0.25) is 0 Å². The van der Waals surface area contributed by atoms with E-state index in [0.29, 0.717) is 6.04 Å². The number of ether oxygens (including phenoxy) is 1. The normalized spacial score (nSPS) is 18.2. The van der Waals surface area contributed by atoms with Gasteiger partial charge in [-0.2, -0.15) is 0 Å². The first-order valence-corrected chi connectivity index (χ1v) is 8.66. The van der Waals surface area contributed by atoms with Crippen LogP contribution in [0.15, 0.2) is 24.3 Å². The fourth-order valence-corrected chi connectivity index (χ4v) is 3.22. The highest BCUT2D eigenvalue weighted by molar-refractivity contribution is 5.30. The molecule has 1 aliphatic rings. The number of hydrogen-bond acceptors (Lipinski definition) is 2. The van der Waals surface area contributed by atoms with E-state index in [4.69, 9.17) is 4.74 Å². The molecule has 0 aliphatic heterocycles. The Hall–Kier alpha value is -0.860. The Morgan fingerprint density at radius 2 is 2.05 bits per heavy atom. The zero-order valence-electron chi connectivity index (χ0n) is 13.9. The quantitative estimate of drug-likeness (QED) is 0.704. The molecule has 0 saturated heterocycles. The SMILES string of the molecule is CCCNC(c1cccc(C2CCC2)c1)C(CCC)OC. The first-order valence-electron chi connectivity index (χ1n) is 8.66. The molecule has 1 aromatic rings. The van der Waals surface area contributed by atoms with Gasteiger partial charge < -0.3 is 10.1 Å². The van der Waals surface area contributed by atoms with Gasteiger partial charge in [-0.15, -0.1) is 0 Å². The van der Waals surface area contributed by atoms with Gasteiger partial charge in [0.1, 0.15) is 0 Å². The van der Waals surface area contributed by atoms with Crippen molar-refractivity contribution in [1.82, 2.24) is 5.32 Å². The van der Waals surface area contributed by atoms with E-state index in [0.717, 1.165) is 31.7 Å².